The SMILES string of the molecule is CC(C)c1ccc(C2=NN(c3ccccc3)C(c3ccc(C(C)(C)C)cc3)C2)cc1. The molecule has 30 heavy (non-hydrogen) atoms. The molecule has 2 heteroatoms. The standard InChI is InChI=1S/C28H32N2/c1-20(2)21-11-13-22(14-12-21)26-19-27(30(29-26)25-9-7-6-8-10-25)23-15-17-24(18-16-23)28(3,4)5/h6-18,20,27H,19H2,1-5H3. The first-order chi connectivity index (χ1) is 14.3. The lowest BCUT2D eigenvalue weighted by Crippen LogP contribution is -2.19. The van der Waals surface area contributed by atoms with E-state index in [-0.39, 0.29) is 11.5 Å². The van der Waals surface area contributed by atoms with E-state index >= 15 is 0 Å². The summed E-state index contributed by atoms with van der Waals surface area (Å²) in [5, 5.41) is 7.27. The molecule has 0 saturated heterocycles. The van der Waals surface area contributed by atoms with Gasteiger partial charge in [-0.25, -0.2) is 0 Å². The molecule has 154 valence electrons. The van der Waals surface area contributed by atoms with Gasteiger partial charge in [-0.2, -0.15) is 5.10 Å². The van der Waals surface area contributed by atoms with Crippen molar-refractivity contribution in [2.24, 2.45) is 5.10 Å². The number of hydrogen-bond donors (Lipinski definition) is 0. The fourth-order valence-electron chi connectivity index (χ4n) is 4.03. The van der Waals surface area contributed by atoms with Crippen LogP contribution in [0.25, 0.3) is 0 Å². The quantitative estimate of drug-likeness (QED) is 0.447. The van der Waals surface area contributed by atoms with Crippen molar-refractivity contribution in [1.29, 1.82) is 0 Å². The predicted octanol–water partition coefficient (Wildman–Crippen LogP) is 7.46. The van der Waals surface area contributed by atoms with Gasteiger partial charge in [-0.05, 0) is 45.7 Å². The van der Waals surface area contributed by atoms with E-state index in [1.807, 2.05) is 0 Å². The summed E-state index contributed by atoms with van der Waals surface area (Å²) in [5.41, 5.74) is 7.70. The molecule has 3 aromatic rings. The van der Waals surface area contributed by atoms with E-state index in [4.69, 9.17) is 5.10 Å². The van der Waals surface area contributed by atoms with Crippen molar-refractivity contribution in [2.75, 3.05) is 5.01 Å². The molecule has 0 aliphatic carbocycles. The lowest BCUT2D eigenvalue weighted by Gasteiger charge is -2.25. The van der Waals surface area contributed by atoms with Crippen LogP contribution in [0.3, 0.4) is 0 Å². The number of rotatable bonds is 4. The van der Waals surface area contributed by atoms with Crippen LogP contribution in [0.1, 0.15) is 75.3 Å². The van der Waals surface area contributed by atoms with Crippen molar-refractivity contribution in [3.05, 3.63) is 101 Å². The summed E-state index contributed by atoms with van der Waals surface area (Å²) in [7, 11) is 0. The first kappa shape index (κ1) is 20.4. The van der Waals surface area contributed by atoms with E-state index < -0.39 is 0 Å². The molecule has 0 saturated carbocycles. The van der Waals surface area contributed by atoms with Crippen LogP contribution in [0, 0.1) is 0 Å². The maximum absolute atomic E-state index is 5.08. The number of hydrogen-bond acceptors (Lipinski definition) is 2. The van der Waals surface area contributed by atoms with Crippen molar-refractivity contribution < 1.29 is 0 Å². The van der Waals surface area contributed by atoms with Gasteiger partial charge in [0.2, 0.25) is 0 Å². The average molecular weight is 397 g/mol. The molecular weight excluding hydrogens is 364 g/mol. The molecule has 3 aromatic carbocycles. The zero-order valence-electron chi connectivity index (χ0n) is 18.8. The summed E-state index contributed by atoms with van der Waals surface area (Å²) in [6.07, 6.45) is 0.908. The Morgan fingerprint density at radius 3 is 2.03 bits per heavy atom. The maximum Gasteiger partial charge on any atom is 0.0831 e. The number of hydrazone groups is 1. The third-order valence-electron chi connectivity index (χ3n) is 6.00. The maximum atomic E-state index is 5.08. The molecule has 1 aliphatic rings. The smallest absolute Gasteiger partial charge is 0.0831 e. The largest absolute Gasteiger partial charge is 0.257 e. The minimum absolute atomic E-state index is 0.160. The van der Waals surface area contributed by atoms with Gasteiger partial charge in [0, 0.05) is 6.42 Å². The molecule has 4 rings (SSSR count). The Hall–Kier alpha value is -2.87. The molecule has 1 aliphatic heterocycles. The van der Waals surface area contributed by atoms with Crippen molar-refractivity contribution >= 4 is 11.4 Å². The van der Waals surface area contributed by atoms with Crippen molar-refractivity contribution in [2.45, 2.75) is 58.4 Å². The zero-order valence-corrected chi connectivity index (χ0v) is 18.8. The van der Waals surface area contributed by atoms with Crippen LogP contribution in [0.2, 0.25) is 0 Å². The van der Waals surface area contributed by atoms with Gasteiger partial charge in [-0.1, -0.05) is 101 Å². The van der Waals surface area contributed by atoms with E-state index in [0.29, 0.717) is 5.92 Å². The van der Waals surface area contributed by atoms with Crippen LogP contribution in [0.4, 0.5) is 5.69 Å². The Bertz CT molecular complexity index is 1010. The van der Waals surface area contributed by atoms with Crippen LogP contribution in [0.15, 0.2) is 84.0 Å². The molecule has 2 nitrogen and oxygen atoms in total. The molecule has 1 heterocycles. The minimum atomic E-state index is 0.160. The first-order valence-corrected chi connectivity index (χ1v) is 11.0. The van der Waals surface area contributed by atoms with E-state index in [1.165, 1.54) is 22.3 Å². The van der Waals surface area contributed by atoms with Crippen LogP contribution >= 0.6 is 0 Å². The van der Waals surface area contributed by atoms with Gasteiger partial charge < -0.3 is 0 Å². The Morgan fingerprint density at radius 1 is 0.833 bits per heavy atom. The van der Waals surface area contributed by atoms with E-state index in [0.717, 1.165) is 17.8 Å². The second-order valence-electron chi connectivity index (χ2n) is 9.60. The first-order valence-electron chi connectivity index (χ1n) is 11.0. The summed E-state index contributed by atoms with van der Waals surface area (Å²) in [6, 6.07) is 28.7. The summed E-state index contributed by atoms with van der Waals surface area (Å²) in [5.74, 6) is 0.541. The monoisotopic (exact) mass is 396 g/mol. The summed E-state index contributed by atoms with van der Waals surface area (Å²) < 4.78 is 0. The number of para-hydroxylation sites is 1. The third-order valence-corrected chi connectivity index (χ3v) is 6.00. The lowest BCUT2D eigenvalue weighted by atomic mass is 9.86. The second kappa shape index (κ2) is 8.10. The predicted molar refractivity (Wildman–Crippen MR) is 128 cm³/mol. The van der Waals surface area contributed by atoms with Gasteiger partial charge >= 0.3 is 0 Å². The van der Waals surface area contributed by atoms with Crippen LogP contribution in [-0.2, 0) is 5.41 Å². The van der Waals surface area contributed by atoms with E-state index in [2.05, 4.69) is 118 Å². The molecule has 1 atom stereocenters. The van der Waals surface area contributed by atoms with Crippen molar-refractivity contribution in [3.8, 4) is 0 Å². The highest BCUT2D eigenvalue weighted by molar-refractivity contribution is 6.03. The Balaban J connectivity index is 1.68. The molecule has 0 radical (unpaired) electrons. The Labute approximate surface area is 181 Å². The molecule has 1 unspecified atom stereocenters. The molecular formula is C28H32N2. The van der Waals surface area contributed by atoms with Gasteiger partial charge in [-0.15, -0.1) is 0 Å². The molecule has 0 spiro atoms. The summed E-state index contributed by atoms with van der Waals surface area (Å²) in [6.45, 7) is 11.2. The fourth-order valence-corrected chi connectivity index (χ4v) is 4.03. The normalized spacial score (nSPS) is 16.8. The lowest BCUT2D eigenvalue weighted by molar-refractivity contribution is 0.589. The van der Waals surface area contributed by atoms with Gasteiger partial charge in [-0.3, -0.25) is 5.01 Å². The van der Waals surface area contributed by atoms with Crippen LogP contribution in [-0.4, -0.2) is 5.71 Å². The van der Waals surface area contributed by atoms with Crippen LogP contribution in [0.5, 0.6) is 0 Å². The Kier molecular flexibility index (Phi) is 5.51. The highest BCUT2D eigenvalue weighted by atomic mass is 15.5. The van der Waals surface area contributed by atoms with Gasteiger partial charge in [0.1, 0.15) is 0 Å². The second-order valence-corrected chi connectivity index (χ2v) is 9.60. The van der Waals surface area contributed by atoms with E-state index in [9.17, 15) is 0 Å². The zero-order chi connectivity index (χ0) is 21.3. The summed E-state index contributed by atoms with van der Waals surface area (Å²) in [4.78, 5) is 0. The molecule has 0 bridgehead atoms. The van der Waals surface area contributed by atoms with Gasteiger partial charge in [0.05, 0.1) is 17.4 Å². The topological polar surface area (TPSA) is 15.6 Å². The van der Waals surface area contributed by atoms with Crippen LogP contribution < -0.4 is 5.01 Å². The number of benzene rings is 3. The Morgan fingerprint density at radius 2 is 1.47 bits per heavy atom. The van der Waals surface area contributed by atoms with E-state index in [1.54, 1.807) is 0 Å². The molecule has 0 N–H and O–H groups in total. The summed E-state index contributed by atoms with van der Waals surface area (Å²) >= 11 is 0. The third kappa shape index (κ3) is 4.18. The highest BCUT2D eigenvalue weighted by Crippen LogP contribution is 2.37. The molecule has 0 aromatic heterocycles. The molecule has 0 fully saturated rings. The van der Waals surface area contributed by atoms with Gasteiger partial charge in [0.25, 0.3) is 0 Å². The highest BCUT2D eigenvalue weighted by Gasteiger charge is 2.30. The fraction of sp³-hybridized carbons (Fsp3) is 0.321. The number of nitrogens with zero attached hydrogens (tertiary/aromatic N) is 2. The average Bonchev–Trinajstić information content (AvgIpc) is 3.19. The minimum Gasteiger partial charge on any atom is -0.257 e. The molecule has 0 amide bonds. The van der Waals surface area contributed by atoms with Gasteiger partial charge in [0.15, 0.2) is 0 Å². The number of anilines is 1. The van der Waals surface area contributed by atoms with Crippen molar-refractivity contribution in [3.63, 3.8) is 0 Å². The van der Waals surface area contributed by atoms with Crippen molar-refractivity contribution in [1.82, 2.24) is 0 Å².